The van der Waals surface area contributed by atoms with Crippen molar-refractivity contribution >= 4 is 17.3 Å². The summed E-state index contributed by atoms with van der Waals surface area (Å²) in [7, 11) is 0. The van der Waals surface area contributed by atoms with Crippen LogP contribution in [-0.4, -0.2) is 15.8 Å². The Morgan fingerprint density at radius 3 is 2.89 bits per heavy atom. The molecule has 0 aliphatic carbocycles. The Morgan fingerprint density at radius 2 is 2.11 bits per heavy atom. The highest BCUT2D eigenvalue weighted by Gasteiger charge is 1.94. The smallest absolute Gasteiger partial charge is 0.211 e. The van der Waals surface area contributed by atoms with E-state index in [1.165, 1.54) is 17.7 Å². The maximum atomic E-state index is 8.78. The molecule has 2 N–H and O–H groups in total. The lowest BCUT2D eigenvalue weighted by molar-refractivity contribution is 0.407. The number of allylic oxidation sites excluding steroid dienone is 2. The van der Waals surface area contributed by atoms with Crippen LogP contribution in [0.1, 0.15) is 0 Å². The fraction of sp³-hybridized carbons (Fsp3) is 0. The van der Waals surface area contributed by atoms with Gasteiger partial charge in [0.1, 0.15) is 0 Å². The molecule has 0 aromatic rings. The molecule has 48 valence electrons. The van der Waals surface area contributed by atoms with E-state index in [9.17, 15) is 0 Å². The molecule has 0 saturated carbocycles. The summed E-state index contributed by atoms with van der Waals surface area (Å²) < 4.78 is 0. The van der Waals surface area contributed by atoms with E-state index in [4.69, 9.17) is 10.2 Å². The summed E-state index contributed by atoms with van der Waals surface area (Å²) >= 11 is 1.06. The number of aliphatic imine (C=N–C) groups is 1. The number of nitrogens with zero attached hydrogens (tertiary/aromatic N) is 1. The molecule has 0 bridgehead atoms. The zero-order valence-electron chi connectivity index (χ0n) is 4.48. The van der Waals surface area contributed by atoms with Crippen LogP contribution >= 0.6 is 11.8 Å². The molecule has 1 heterocycles. The van der Waals surface area contributed by atoms with Crippen molar-refractivity contribution in [2.24, 2.45) is 4.99 Å². The quantitative estimate of drug-likeness (QED) is 0.541. The number of thioether (sulfide) groups is 1. The number of aliphatic hydroxyl groups excluding tert-OH is 2. The van der Waals surface area contributed by atoms with Gasteiger partial charge in [0.15, 0.2) is 5.09 Å². The molecular formula is C5H5NO2S. The molecule has 4 heteroatoms. The Hall–Kier alpha value is -0.900. The number of rotatable bonds is 0. The fourth-order valence-electron chi connectivity index (χ4n) is 0.362. The number of aliphatic hydroxyl groups is 2. The van der Waals surface area contributed by atoms with Gasteiger partial charge in [-0.25, -0.2) is 4.99 Å². The molecule has 0 radical (unpaired) electrons. The Labute approximate surface area is 56.4 Å². The van der Waals surface area contributed by atoms with Gasteiger partial charge in [-0.1, -0.05) is 0 Å². The first-order chi connectivity index (χ1) is 4.29. The Balaban J connectivity index is 2.80. The van der Waals surface area contributed by atoms with E-state index in [0.29, 0.717) is 0 Å². The zero-order valence-corrected chi connectivity index (χ0v) is 5.30. The van der Waals surface area contributed by atoms with E-state index >= 15 is 0 Å². The lowest BCUT2D eigenvalue weighted by Gasteiger charge is -1.84. The second kappa shape index (κ2) is 2.59. The van der Waals surface area contributed by atoms with Crippen molar-refractivity contribution in [1.82, 2.24) is 0 Å². The van der Waals surface area contributed by atoms with Gasteiger partial charge >= 0.3 is 0 Å². The molecule has 0 amide bonds. The van der Waals surface area contributed by atoms with Crippen molar-refractivity contribution in [2.45, 2.75) is 0 Å². The molecule has 0 spiro atoms. The summed E-state index contributed by atoms with van der Waals surface area (Å²) in [4.78, 5) is 3.52. The van der Waals surface area contributed by atoms with Crippen molar-refractivity contribution in [3.63, 3.8) is 0 Å². The minimum Gasteiger partial charge on any atom is -0.502 e. The molecule has 0 saturated heterocycles. The minimum absolute atomic E-state index is 0.0912. The molecule has 1 aliphatic heterocycles. The largest absolute Gasteiger partial charge is 0.502 e. The molecule has 0 aromatic heterocycles. The molecule has 1 aliphatic rings. The van der Waals surface area contributed by atoms with Gasteiger partial charge in [-0.3, -0.25) is 0 Å². The average molecular weight is 143 g/mol. The van der Waals surface area contributed by atoms with Crippen molar-refractivity contribution in [2.75, 3.05) is 0 Å². The first-order valence-electron chi connectivity index (χ1n) is 2.28. The SMILES string of the molecule is OC1=CC=C(O)SC=N1. The molecule has 0 fully saturated rings. The van der Waals surface area contributed by atoms with Gasteiger partial charge < -0.3 is 10.2 Å². The van der Waals surface area contributed by atoms with Crippen LogP contribution in [0.15, 0.2) is 28.1 Å². The first kappa shape index (κ1) is 6.22. The molecule has 0 aromatic carbocycles. The highest BCUT2D eigenvalue weighted by molar-refractivity contribution is 8.15. The van der Waals surface area contributed by atoms with Crippen LogP contribution in [0.2, 0.25) is 0 Å². The first-order valence-corrected chi connectivity index (χ1v) is 3.16. The van der Waals surface area contributed by atoms with Gasteiger partial charge in [0, 0.05) is 6.08 Å². The second-order valence-corrected chi connectivity index (χ2v) is 2.25. The van der Waals surface area contributed by atoms with E-state index in [1.54, 1.807) is 0 Å². The van der Waals surface area contributed by atoms with E-state index in [-0.39, 0.29) is 11.0 Å². The van der Waals surface area contributed by atoms with Crippen molar-refractivity contribution < 1.29 is 10.2 Å². The van der Waals surface area contributed by atoms with Crippen LogP contribution in [0.4, 0.5) is 0 Å². The van der Waals surface area contributed by atoms with Gasteiger partial charge in [-0.2, -0.15) is 0 Å². The van der Waals surface area contributed by atoms with Gasteiger partial charge in [0.25, 0.3) is 0 Å². The maximum absolute atomic E-state index is 8.78. The second-order valence-electron chi connectivity index (χ2n) is 1.38. The van der Waals surface area contributed by atoms with Crippen LogP contribution in [0.5, 0.6) is 0 Å². The third-order valence-electron chi connectivity index (χ3n) is 0.733. The van der Waals surface area contributed by atoms with Gasteiger partial charge in [0.2, 0.25) is 5.88 Å². The summed E-state index contributed by atoms with van der Waals surface area (Å²) in [5.41, 5.74) is 1.37. The average Bonchev–Trinajstić information content (AvgIpc) is 1.97. The molecule has 0 unspecified atom stereocenters. The van der Waals surface area contributed by atoms with Crippen molar-refractivity contribution in [1.29, 1.82) is 0 Å². The van der Waals surface area contributed by atoms with Gasteiger partial charge in [-0.05, 0) is 17.8 Å². The predicted octanol–water partition coefficient (Wildman–Crippen LogP) is 1.56. The van der Waals surface area contributed by atoms with Crippen LogP contribution < -0.4 is 0 Å². The summed E-state index contributed by atoms with van der Waals surface area (Å²) in [5.74, 6) is -0.0912. The topological polar surface area (TPSA) is 52.8 Å². The van der Waals surface area contributed by atoms with E-state index < -0.39 is 0 Å². The number of hydrogen-bond acceptors (Lipinski definition) is 4. The van der Waals surface area contributed by atoms with E-state index in [2.05, 4.69) is 4.99 Å². The molecule has 1 rings (SSSR count). The fourth-order valence-corrected chi connectivity index (χ4v) is 0.778. The van der Waals surface area contributed by atoms with Crippen LogP contribution in [0.25, 0.3) is 0 Å². The summed E-state index contributed by atoms with van der Waals surface area (Å²) in [6, 6.07) is 0. The Kier molecular flexibility index (Phi) is 1.79. The van der Waals surface area contributed by atoms with Gasteiger partial charge in [0.05, 0.1) is 5.55 Å². The number of hydrogen-bond donors (Lipinski definition) is 2. The summed E-state index contributed by atoms with van der Waals surface area (Å²) in [5, 5.41) is 17.6. The molecule has 3 nitrogen and oxygen atoms in total. The predicted molar refractivity (Wildman–Crippen MR) is 37.5 cm³/mol. The Bertz CT molecular complexity index is 195. The summed E-state index contributed by atoms with van der Waals surface area (Å²) in [6.45, 7) is 0. The highest BCUT2D eigenvalue weighted by atomic mass is 32.2. The van der Waals surface area contributed by atoms with Crippen LogP contribution in [-0.2, 0) is 0 Å². The minimum atomic E-state index is -0.0912. The third kappa shape index (κ3) is 1.81. The van der Waals surface area contributed by atoms with E-state index in [0.717, 1.165) is 11.8 Å². The van der Waals surface area contributed by atoms with Crippen LogP contribution in [0, 0.1) is 0 Å². The van der Waals surface area contributed by atoms with Crippen LogP contribution in [0.3, 0.4) is 0 Å². The van der Waals surface area contributed by atoms with Crippen molar-refractivity contribution in [3.05, 3.63) is 23.1 Å². The van der Waals surface area contributed by atoms with Gasteiger partial charge in [-0.15, -0.1) is 0 Å². The summed E-state index contributed by atoms with van der Waals surface area (Å²) in [6.07, 6.45) is 2.71. The molecule has 0 atom stereocenters. The monoisotopic (exact) mass is 143 g/mol. The lowest BCUT2D eigenvalue weighted by atomic mass is 10.5. The standard InChI is InChI=1S/C5H5NO2S/c7-4-1-2-5(8)9-3-6-4/h1-3,7-8H. The highest BCUT2D eigenvalue weighted by Crippen LogP contribution is 2.12. The zero-order chi connectivity index (χ0) is 6.69. The maximum Gasteiger partial charge on any atom is 0.211 e. The normalized spacial score (nSPS) is 18.2. The van der Waals surface area contributed by atoms with E-state index in [1.807, 2.05) is 0 Å². The molecule has 9 heavy (non-hydrogen) atoms. The van der Waals surface area contributed by atoms with Crippen molar-refractivity contribution in [3.8, 4) is 0 Å². The molecular weight excluding hydrogens is 138 g/mol. The third-order valence-corrected chi connectivity index (χ3v) is 1.32. The Morgan fingerprint density at radius 1 is 1.33 bits per heavy atom. The lowest BCUT2D eigenvalue weighted by Crippen LogP contribution is -1.69.